The molecular weight excluding hydrogens is 248 g/mol. The summed E-state index contributed by atoms with van der Waals surface area (Å²) in [4.78, 5) is 23.1. The van der Waals surface area contributed by atoms with Crippen LogP contribution >= 0.6 is 0 Å². The Morgan fingerprint density at radius 1 is 1.37 bits per heavy atom. The fourth-order valence-corrected chi connectivity index (χ4v) is 1.58. The third kappa shape index (κ3) is 5.01. The summed E-state index contributed by atoms with van der Waals surface area (Å²) in [7, 11) is 3.31. The van der Waals surface area contributed by atoms with Crippen LogP contribution in [-0.4, -0.2) is 43.2 Å². The van der Waals surface area contributed by atoms with Gasteiger partial charge in [0.25, 0.3) is 5.91 Å². The minimum Gasteiger partial charge on any atom is -0.397 e. The maximum atomic E-state index is 11.8. The topological polar surface area (TPSA) is 98.4 Å². The highest BCUT2D eigenvalue weighted by molar-refractivity contribution is 5.94. The second kappa shape index (κ2) is 7.42. The monoisotopic (exact) mass is 268 g/mol. The molecule has 0 fully saturated rings. The summed E-state index contributed by atoms with van der Waals surface area (Å²) < 4.78 is 6.45. The summed E-state index contributed by atoms with van der Waals surface area (Å²) in [6.07, 6.45) is 1.89. The van der Waals surface area contributed by atoms with E-state index in [1.54, 1.807) is 31.0 Å². The molecule has 0 aliphatic rings. The Kier molecular flexibility index (Phi) is 5.87. The number of aromatic nitrogens is 1. The first kappa shape index (κ1) is 15.0. The van der Waals surface area contributed by atoms with Crippen molar-refractivity contribution in [3.63, 3.8) is 0 Å². The first-order valence-electron chi connectivity index (χ1n) is 6.00. The number of nitrogens with two attached hydrogens (primary N) is 1. The van der Waals surface area contributed by atoms with E-state index < -0.39 is 0 Å². The maximum absolute atomic E-state index is 11.8. The Labute approximate surface area is 112 Å². The molecule has 2 amide bonds. The maximum Gasteiger partial charge on any atom is 0.267 e. The lowest BCUT2D eigenvalue weighted by Gasteiger charge is -2.06. The normalized spacial score (nSPS) is 10.2. The van der Waals surface area contributed by atoms with Crippen molar-refractivity contribution in [3.8, 4) is 0 Å². The van der Waals surface area contributed by atoms with Crippen LogP contribution in [0.1, 0.15) is 16.9 Å². The van der Waals surface area contributed by atoms with Gasteiger partial charge in [0.05, 0.1) is 12.3 Å². The average molecular weight is 268 g/mol. The molecule has 0 bridgehead atoms. The van der Waals surface area contributed by atoms with E-state index >= 15 is 0 Å². The van der Waals surface area contributed by atoms with Crippen molar-refractivity contribution in [2.24, 2.45) is 7.05 Å². The number of ether oxygens (including phenoxy) is 1. The zero-order valence-electron chi connectivity index (χ0n) is 11.2. The van der Waals surface area contributed by atoms with Crippen molar-refractivity contribution >= 4 is 17.5 Å². The molecule has 0 aromatic carbocycles. The van der Waals surface area contributed by atoms with E-state index in [1.807, 2.05) is 0 Å². The van der Waals surface area contributed by atoms with Crippen LogP contribution in [0.2, 0.25) is 0 Å². The van der Waals surface area contributed by atoms with E-state index in [0.29, 0.717) is 24.5 Å². The van der Waals surface area contributed by atoms with Crippen molar-refractivity contribution in [2.75, 3.05) is 32.5 Å². The molecule has 7 nitrogen and oxygen atoms in total. The predicted octanol–water partition coefficient (Wildman–Crippen LogP) is -0.510. The van der Waals surface area contributed by atoms with Crippen molar-refractivity contribution < 1.29 is 14.3 Å². The smallest absolute Gasteiger partial charge is 0.267 e. The van der Waals surface area contributed by atoms with Gasteiger partial charge < -0.3 is 25.7 Å². The number of amides is 2. The molecule has 0 aliphatic carbocycles. The van der Waals surface area contributed by atoms with Crippen LogP contribution in [0.5, 0.6) is 0 Å². The fraction of sp³-hybridized carbons (Fsp3) is 0.500. The van der Waals surface area contributed by atoms with Gasteiger partial charge >= 0.3 is 0 Å². The lowest BCUT2D eigenvalue weighted by molar-refractivity contribution is -0.121. The van der Waals surface area contributed by atoms with Crippen LogP contribution in [-0.2, 0) is 16.6 Å². The third-order valence-electron chi connectivity index (χ3n) is 2.52. The van der Waals surface area contributed by atoms with Crippen LogP contribution in [0, 0.1) is 0 Å². The Balaban J connectivity index is 2.27. The number of methoxy groups -OCH3 is 1. The lowest BCUT2D eigenvalue weighted by Crippen LogP contribution is -2.32. The molecule has 0 aliphatic heterocycles. The lowest BCUT2D eigenvalue weighted by atomic mass is 10.3. The van der Waals surface area contributed by atoms with Crippen molar-refractivity contribution in [1.29, 1.82) is 0 Å². The van der Waals surface area contributed by atoms with Gasteiger partial charge in [0.15, 0.2) is 0 Å². The Morgan fingerprint density at radius 2 is 2.11 bits per heavy atom. The molecule has 0 unspecified atom stereocenters. The molecule has 1 aromatic rings. The quantitative estimate of drug-likeness (QED) is 0.580. The van der Waals surface area contributed by atoms with Gasteiger partial charge in [0.1, 0.15) is 5.69 Å². The van der Waals surface area contributed by atoms with Gasteiger partial charge in [-0.2, -0.15) is 0 Å². The number of aryl methyl sites for hydroxylation is 1. The van der Waals surface area contributed by atoms with E-state index in [9.17, 15) is 9.59 Å². The van der Waals surface area contributed by atoms with Crippen LogP contribution in [0.15, 0.2) is 12.3 Å². The minimum absolute atomic E-state index is 0.122. The van der Waals surface area contributed by atoms with Crippen LogP contribution < -0.4 is 16.4 Å². The molecule has 0 spiro atoms. The number of nitrogens with zero attached hydrogens (tertiary/aromatic N) is 1. The number of hydrogen-bond acceptors (Lipinski definition) is 4. The highest BCUT2D eigenvalue weighted by Gasteiger charge is 2.10. The highest BCUT2D eigenvalue weighted by atomic mass is 16.5. The van der Waals surface area contributed by atoms with E-state index in [1.165, 1.54) is 0 Å². The Bertz CT molecular complexity index is 442. The highest BCUT2D eigenvalue weighted by Crippen LogP contribution is 2.08. The zero-order valence-corrected chi connectivity index (χ0v) is 11.2. The van der Waals surface area contributed by atoms with Crippen LogP contribution in [0.25, 0.3) is 0 Å². The Morgan fingerprint density at radius 3 is 2.68 bits per heavy atom. The summed E-state index contributed by atoms with van der Waals surface area (Å²) in [5.74, 6) is -0.368. The minimum atomic E-state index is -0.246. The zero-order chi connectivity index (χ0) is 14.3. The number of rotatable bonds is 7. The first-order valence-corrected chi connectivity index (χ1v) is 6.00. The standard InChI is InChI=1S/C12H20N4O3/c1-16-8-9(13)7-10(16)12(18)15-4-3-11(17)14-5-6-19-2/h7-8H,3-6,13H2,1-2H3,(H,14,17)(H,15,18). The molecule has 1 heterocycles. The molecule has 0 saturated heterocycles. The average Bonchev–Trinajstić information content (AvgIpc) is 2.69. The summed E-state index contributed by atoms with van der Waals surface area (Å²) in [5.41, 5.74) is 6.59. The number of hydrogen-bond donors (Lipinski definition) is 3. The molecule has 106 valence electrons. The summed E-state index contributed by atoms with van der Waals surface area (Å²) in [5, 5.41) is 5.34. The number of carbonyl (C=O) groups excluding carboxylic acids is 2. The van der Waals surface area contributed by atoms with Crippen LogP contribution in [0.3, 0.4) is 0 Å². The van der Waals surface area contributed by atoms with Crippen molar-refractivity contribution in [2.45, 2.75) is 6.42 Å². The molecule has 0 radical (unpaired) electrons. The van der Waals surface area contributed by atoms with Gasteiger partial charge in [-0.25, -0.2) is 0 Å². The molecule has 0 saturated carbocycles. The molecule has 1 rings (SSSR count). The molecule has 0 atom stereocenters. The second-order valence-corrected chi connectivity index (χ2v) is 4.12. The van der Waals surface area contributed by atoms with Gasteiger partial charge in [0.2, 0.25) is 5.91 Å². The largest absolute Gasteiger partial charge is 0.397 e. The third-order valence-corrected chi connectivity index (χ3v) is 2.52. The molecular formula is C12H20N4O3. The molecule has 19 heavy (non-hydrogen) atoms. The fourth-order valence-electron chi connectivity index (χ4n) is 1.58. The number of nitrogens with one attached hydrogen (secondary N) is 2. The number of carbonyl (C=O) groups is 2. The second-order valence-electron chi connectivity index (χ2n) is 4.12. The predicted molar refractivity (Wildman–Crippen MR) is 71.7 cm³/mol. The van der Waals surface area contributed by atoms with E-state index in [4.69, 9.17) is 10.5 Å². The van der Waals surface area contributed by atoms with E-state index in [2.05, 4.69) is 10.6 Å². The van der Waals surface area contributed by atoms with Gasteiger partial charge in [-0.1, -0.05) is 0 Å². The number of anilines is 1. The van der Waals surface area contributed by atoms with Gasteiger partial charge in [-0.3, -0.25) is 9.59 Å². The Hall–Kier alpha value is -2.02. The molecule has 7 heteroatoms. The van der Waals surface area contributed by atoms with Gasteiger partial charge in [0, 0.05) is 39.9 Å². The van der Waals surface area contributed by atoms with Gasteiger partial charge in [-0.15, -0.1) is 0 Å². The number of nitrogen functional groups attached to an aromatic ring is 1. The summed E-state index contributed by atoms with van der Waals surface area (Å²) in [6.45, 7) is 1.22. The van der Waals surface area contributed by atoms with E-state index in [-0.39, 0.29) is 24.8 Å². The summed E-state index contributed by atoms with van der Waals surface area (Å²) >= 11 is 0. The van der Waals surface area contributed by atoms with Crippen molar-refractivity contribution in [1.82, 2.24) is 15.2 Å². The molecule has 1 aromatic heterocycles. The molecule has 4 N–H and O–H groups in total. The van der Waals surface area contributed by atoms with Crippen LogP contribution in [0.4, 0.5) is 5.69 Å². The van der Waals surface area contributed by atoms with E-state index in [0.717, 1.165) is 0 Å². The first-order chi connectivity index (χ1) is 9.04. The van der Waals surface area contributed by atoms with Gasteiger partial charge in [-0.05, 0) is 6.07 Å². The summed E-state index contributed by atoms with van der Waals surface area (Å²) in [6, 6.07) is 1.59. The van der Waals surface area contributed by atoms with Crippen molar-refractivity contribution in [3.05, 3.63) is 18.0 Å². The SMILES string of the molecule is COCCNC(=O)CCNC(=O)c1cc(N)cn1C.